The van der Waals surface area contributed by atoms with Crippen LogP contribution in [0.3, 0.4) is 0 Å². The molecule has 3 aliphatic rings. The zero-order valence-electron chi connectivity index (χ0n) is 10.9. The summed E-state index contributed by atoms with van der Waals surface area (Å²) in [6.45, 7) is 2.16. The number of nitrogens with one attached hydrogen (secondary N) is 1. The average Bonchev–Trinajstić information content (AvgIpc) is 2.93. The van der Waals surface area contributed by atoms with E-state index in [1.165, 1.54) is 25.7 Å². The van der Waals surface area contributed by atoms with Gasteiger partial charge in [-0.1, -0.05) is 6.42 Å². The topological polar surface area (TPSA) is 66.4 Å². The van der Waals surface area contributed by atoms with Crippen LogP contribution in [-0.4, -0.2) is 43.2 Å². The third-order valence-electron chi connectivity index (χ3n) is 5.23. The third-order valence-corrected chi connectivity index (χ3v) is 6.95. The molecule has 2 saturated carbocycles. The maximum absolute atomic E-state index is 11.5. The second kappa shape index (κ2) is 4.46. The van der Waals surface area contributed by atoms with Gasteiger partial charge in [0.2, 0.25) is 0 Å². The highest BCUT2D eigenvalue weighted by molar-refractivity contribution is 7.91. The van der Waals surface area contributed by atoms with Crippen LogP contribution in [0.15, 0.2) is 0 Å². The van der Waals surface area contributed by atoms with Crippen molar-refractivity contribution in [3.63, 3.8) is 0 Å². The summed E-state index contributed by atoms with van der Waals surface area (Å²) < 4.78 is 23.0. The van der Waals surface area contributed by atoms with Gasteiger partial charge in [0.1, 0.15) is 0 Å². The normalized spacial score (nSPS) is 47.6. The van der Waals surface area contributed by atoms with E-state index in [4.69, 9.17) is 0 Å². The minimum absolute atomic E-state index is 0.0753. The van der Waals surface area contributed by atoms with Gasteiger partial charge in [0.15, 0.2) is 9.84 Å². The monoisotopic (exact) mass is 273 g/mol. The average molecular weight is 273 g/mol. The summed E-state index contributed by atoms with van der Waals surface area (Å²) in [4.78, 5) is 0. The van der Waals surface area contributed by atoms with E-state index in [0.29, 0.717) is 12.0 Å². The molecule has 18 heavy (non-hydrogen) atoms. The SMILES string of the molecule is CC(NC1CS(=O)(=O)CC1O)C1CC2CCC1C2. The summed E-state index contributed by atoms with van der Waals surface area (Å²) >= 11 is 0. The smallest absolute Gasteiger partial charge is 0.154 e. The number of fused-ring (bicyclic) bond motifs is 2. The maximum Gasteiger partial charge on any atom is 0.154 e. The quantitative estimate of drug-likeness (QED) is 0.788. The first-order valence-corrected chi connectivity index (χ1v) is 8.91. The molecule has 3 fully saturated rings. The van der Waals surface area contributed by atoms with Gasteiger partial charge < -0.3 is 10.4 Å². The fraction of sp³-hybridized carbons (Fsp3) is 1.00. The van der Waals surface area contributed by atoms with Crippen molar-refractivity contribution >= 4 is 9.84 Å². The van der Waals surface area contributed by atoms with E-state index in [0.717, 1.165) is 11.8 Å². The van der Waals surface area contributed by atoms with Gasteiger partial charge in [-0.2, -0.15) is 0 Å². The highest BCUT2D eigenvalue weighted by Crippen LogP contribution is 2.49. The molecule has 1 aliphatic heterocycles. The molecule has 0 aromatic rings. The second-order valence-electron chi connectivity index (χ2n) is 6.54. The van der Waals surface area contributed by atoms with Crippen molar-refractivity contribution in [2.75, 3.05) is 11.5 Å². The molecule has 1 saturated heterocycles. The van der Waals surface area contributed by atoms with Crippen LogP contribution in [-0.2, 0) is 9.84 Å². The molecule has 5 heteroatoms. The Morgan fingerprint density at radius 1 is 1.22 bits per heavy atom. The fourth-order valence-electron chi connectivity index (χ4n) is 4.36. The highest BCUT2D eigenvalue weighted by Gasteiger charge is 2.44. The fourth-order valence-corrected chi connectivity index (χ4v) is 6.11. The minimum Gasteiger partial charge on any atom is -0.390 e. The molecule has 104 valence electrons. The van der Waals surface area contributed by atoms with Gasteiger partial charge in [-0.05, 0) is 43.9 Å². The lowest BCUT2D eigenvalue weighted by Gasteiger charge is -2.31. The van der Waals surface area contributed by atoms with Crippen molar-refractivity contribution in [3.8, 4) is 0 Å². The van der Waals surface area contributed by atoms with Gasteiger partial charge >= 0.3 is 0 Å². The molecule has 6 unspecified atom stereocenters. The Labute approximate surface area is 109 Å². The molecule has 2 bridgehead atoms. The van der Waals surface area contributed by atoms with Gasteiger partial charge in [-0.25, -0.2) is 8.42 Å². The first-order valence-electron chi connectivity index (χ1n) is 7.09. The van der Waals surface area contributed by atoms with Crippen molar-refractivity contribution in [1.82, 2.24) is 5.32 Å². The lowest BCUT2D eigenvalue weighted by Crippen LogP contribution is -2.47. The van der Waals surface area contributed by atoms with E-state index in [-0.39, 0.29) is 17.5 Å². The Hall–Kier alpha value is -0.130. The summed E-state index contributed by atoms with van der Waals surface area (Å²) in [5, 5.41) is 13.2. The van der Waals surface area contributed by atoms with Crippen LogP contribution in [0.2, 0.25) is 0 Å². The Bertz CT molecular complexity index is 422. The molecule has 0 radical (unpaired) electrons. The minimum atomic E-state index is -3.04. The predicted octanol–water partition coefficient (Wildman–Crippen LogP) is 0.559. The van der Waals surface area contributed by atoms with Crippen LogP contribution in [0.25, 0.3) is 0 Å². The summed E-state index contributed by atoms with van der Waals surface area (Å²) in [5.74, 6) is 2.43. The summed E-state index contributed by atoms with van der Waals surface area (Å²) in [6.07, 6.45) is 4.65. The van der Waals surface area contributed by atoms with Crippen LogP contribution in [0.1, 0.15) is 32.6 Å². The van der Waals surface area contributed by atoms with Crippen molar-refractivity contribution in [1.29, 1.82) is 0 Å². The van der Waals surface area contributed by atoms with Crippen molar-refractivity contribution in [2.24, 2.45) is 17.8 Å². The van der Waals surface area contributed by atoms with Crippen molar-refractivity contribution in [2.45, 2.75) is 50.8 Å². The van der Waals surface area contributed by atoms with Gasteiger partial charge in [0, 0.05) is 12.1 Å². The summed E-state index contributed by atoms with van der Waals surface area (Å²) in [6, 6.07) is 0.0670. The Balaban J connectivity index is 1.60. The van der Waals surface area contributed by atoms with E-state index in [1.54, 1.807) is 0 Å². The van der Waals surface area contributed by atoms with E-state index < -0.39 is 15.9 Å². The Morgan fingerprint density at radius 2 is 2.00 bits per heavy atom. The molecule has 0 aromatic carbocycles. The van der Waals surface area contributed by atoms with Gasteiger partial charge in [-0.3, -0.25) is 0 Å². The molecule has 0 spiro atoms. The van der Waals surface area contributed by atoms with Crippen LogP contribution in [0.5, 0.6) is 0 Å². The maximum atomic E-state index is 11.5. The number of aliphatic hydroxyl groups is 1. The number of sulfone groups is 1. The lowest BCUT2D eigenvalue weighted by molar-refractivity contribution is 0.145. The Kier molecular flexibility index (Phi) is 3.19. The zero-order valence-corrected chi connectivity index (χ0v) is 11.7. The summed E-state index contributed by atoms with van der Waals surface area (Å²) in [7, 11) is -3.04. The molecule has 2 aliphatic carbocycles. The van der Waals surface area contributed by atoms with Gasteiger partial charge in [0.05, 0.1) is 17.6 Å². The molecule has 3 rings (SSSR count). The molecule has 4 nitrogen and oxygen atoms in total. The number of rotatable bonds is 3. The van der Waals surface area contributed by atoms with E-state index >= 15 is 0 Å². The molecule has 1 heterocycles. The zero-order chi connectivity index (χ0) is 12.9. The van der Waals surface area contributed by atoms with Crippen LogP contribution < -0.4 is 5.32 Å². The molecule has 2 N–H and O–H groups in total. The molecular formula is C13H23NO3S. The van der Waals surface area contributed by atoms with E-state index in [1.807, 2.05) is 0 Å². The molecular weight excluding hydrogens is 250 g/mol. The number of hydrogen-bond acceptors (Lipinski definition) is 4. The predicted molar refractivity (Wildman–Crippen MR) is 70.0 cm³/mol. The third kappa shape index (κ3) is 2.32. The van der Waals surface area contributed by atoms with Crippen LogP contribution in [0, 0.1) is 17.8 Å². The van der Waals surface area contributed by atoms with E-state index in [9.17, 15) is 13.5 Å². The molecule has 0 aromatic heterocycles. The molecule has 0 amide bonds. The first-order chi connectivity index (χ1) is 8.44. The standard InChI is InChI=1S/C13H23NO3S/c1-8(11-5-9-2-3-10(11)4-9)14-12-6-18(16,17)7-13(12)15/h8-15H,2-7H2,1H3. The van der Waals surface area contributed by atoms with E-state index in [2.05, 4.69) is 12.2 Å². The number of aliphatic hydroxyl groups excluding tert-OH is 1. The largest absolute Gasteiger partial charge is 0.390 e. The number of hydrogen-bond donors (Lipinski definition) is 2. The first kappa shape index (κ1) is 12.9. The van der Waals surface area contributed by atoms with Crippen LogP contribution in [0.4, 0.5) is 0 Å². The second-order valence-corrected chi connectivity index (χ2v) is 8.70. The highest BCUT2D eigenvalue weighted by atomic mass is 32.2. The summed E-state index contributed by atoms with van der Waals surface area (Å²) in [5.41, 5.74) is 0. The Morgan fingerprint density at radius 3 is 2.50 bits per heavy atom. The van der Waals surface area contributed by atoms with Gasteiger partial charge in [-0.15, -0.1) is 0 Å². The van der Waals surface area contributed by atoms with Crippen molar-refractivity contribution < 1.29 is 13.5 Å². The lowest BCUT2D eigenvalue weighted by atomic mass is 9.83. The van der Waals surface area contributed by atoms with Crippen molar-refractivity contribution in [3.05, 3.63) is 0 Å². The molecule has 6 atom stereocenters. The van der Waals surface area contributed by atoms with Gasteiger partial charge in [0.25, 0.3) is 0 Å². The van der Waals surface area contributed by atoms with Crippen LogP contribution >= 0.6 is 0 Å².